The van der Waals surface area contributed by atoms with E-state index >= 15 is 0 Å². The average molecular weight is 222 g/mol. The molecule has 2 rings (SSSR count). The second-order valence-electron chi connectivity index (χ2n) is 3.00. The number of aromatic nitrogens is 1. The highest BCUT2D eigenvalue weighted by atomic mass is 35.5. The molecule has 15 heavy (non-hydrogen) atoms. The highest BCUT2D eigenvalue weighted by Gasteiger charge is 2.11. The molecule has 0 aromatic carbocycles. The van der Waals surface area contributed by atoms with Gasteiger partial charge in [0.25, 0.3) is 5.91 Å². The van der Waals surface area contributed by atoms with Crippen LogP contribution in [0.1, 0.15) is 0 Å². The largest absolute Gasteiger partial charge is 0.337 e. The Hall–Kier alpha value is -1.68. The van der Waals surface area contributed by atoms with Gasteiger partial charge in [0.1, 0.15) is 6.54 Å². The van der Waals surface area contributed by atoms with Crippen molar-refractivity contribution in [3.8, 4) is 0 Å². The van der Waals surface area contributed by atoms with Gasteiger partial charge < -0.3 is 4.90 Å². The summed E-state index contributed by atoms with van der Waals surface area (Å²) in [7, 11) is 0. The van der Waals surface area contributed by atoms with Crippen molar-refractivity contribution in [1.82, 2.24) is 4.98 Å². The van der Waals surface area contributed by atoms with E-state index in [0.29, 0.717) is 5.03 Å². The van der Waals surface area contributed by atoms with Crippen molar-refractivity contribution < 1.29 is 4.79 Å². The van der Waals surface area contributed by atoms with E-state index in [0.717, 1.165) is 5.69 Å². The van der Waals surface area contributed by atoms with Crippen LogP contribution in [0.15, 0.2) is 40.8 Å². The highest BCUT2D eigenvalue weighted by molar-refractivity contribution is 6.40. The van der Waals surface area contributed by atoms with Gasteiger partial charge in [-0.1, -0.05) is 11.6 Å². The number of carbonyl (C=O) groups is 1. The first-order chi connectivity index (χ1) is 7.25. The molecule has 0 radical (unpaired) electrons. The Morgan fingerprint density at radius 1 is 1.33 bits per heavy atom. The van der Waals surface area contributed by atoms with Gasteiger partial charge in [-0.25, -0.2) is 4.99 Å². The molecule has 1 aliphatic rings. The number of nitrogens with zero attached hydrogens (tertiary/aromatic N) is 3. The predicted octanol–water partition coefficient (Wildman–Crippen LogP) is 1.58. The second-order valence-corrected chi connectivity index (χ2v) is 3.44. The van der Waals surface area contributed by atoms with Gasteiger partial charge in [-0.05, 0) is 12.1 Å². The average Bonchev–Trinajstić information content (AvgIpc) is 2.42. The molecular formula is C10H8ClN3O. The monoisotopic (exact) mass is 221 g/mol. The molecule has 0 N–H and O–H groups in total. The van der Waals surface area contributed by atoms with E-state index in [-0.39, 0.29) is 12.5 Å². The maximum Gasteiger partial charge on any atom is 0.265 e. The van der Waals surface area contributed by atoms with Gasteiger partial charge in [0.05, 0.1) is 11.2 Å². The molecule has 0 unspecified atom stereocenters. The second kappa shape index (κ2) is 4.23. The zero-order chi connectivity index (χ0) is 10.7. The molecule has 1 amide bonds. The van der Waals surface area contributed by atoms with Crippen molar-refractivity contribution in [3.05, 3.63) is 35.8 Å². The molecule has 0 atom stereocenters. The SMILES string of the molecule is O=C1CN(c2ccncc2)C=C(Cl)C=N1. The molecule has 0 spiro atoms. The fourth-order valence-corrected chi connectivity index (χ4v) is 1.42. The van der Waals surface area contributed by atoms with Gasteiger partial charge in [0, 0.05) is 24.3 Å². The zero-order valence-electron chi connectivity index (χ0n) is 7.80. The van der Waals surface area contributed by atoms with Crippen LogP contribution >= 0.6 is 11.6 Å². The van der Waals surface area contributed by atoms with Crippen molar-refractivity contribution in [2.24, 2.45) is 4.99 Å². The Bertz CT molecular complexity index is 428. The first-order valence-electron chi connectivity index (χ1n) is 4.36. The number of aliphatic imine (C=N–C) groups is 1. The normalized spacial score (nSPS) is 16.2. The molecule has 0 saturated carbocycles. The van der Waals surface area contributed by atoms with Crippen LogP contribution in [-0.2, 0) is 4.79 Å². The van der Waals surface area contributed by atoms with Crippen LogP contribution in [0.3, 0.4) is 0 Å². The summed E-state index contributed by atoms with van der Waals surface area (Å²) in [6, 6.07) is 3.61. The molecule has 2 heterocycles. The van der Waals surface area contributed by atoms with Crippen LogP contribution in [0.5, 0.6) is 0 Å². The molecule has 1 aliphatic heterocycles. The maximum absolute atomic E-state index is 11.3. The Labute approximate surface area is 91.9 Å². The topological polar surface area (TPSA) is 45.6 Å². The Kier molecular flexibility index (Phi) is 2.78. The molecule has 0 fully saturated rings. The summed E-state index contributed by atoms with van der Waals surface area (Å²) < 4.78 is 0. The first-order valence-corrected chi connectivity index (χ1v) is 4.74. The predicted molar refractivity (Wildman–Crippen MR) is 59.0 cm³/mol. The number of rotatable bonds is 1. The van der Waals surface area contributed by atoms with Gasteiger partial charge in [0.2, 0.25) is 0 Å². The van der Waals surface area contributed by atoms with E-state index in [1.54, 1.807) is 35.6 Å². The number of pyridine rings is 1. The van der Waals surface area contributed by atoms with Crippen LogP contribution in [0.4, 0.5) is 5.69 Å². The lowest BCUT2D eigenvalue weighted by Gasteiger charge is -2.17. The lowest BCUT2D eigenvalue weighted by atomic mass is 10.3. The summed E-state index contributed by atoms with van der Waals surface area (Å²) in [4.78, 5) is 20.6. The third kappa shape index (κ3) is 2.41. The standard InChI is InChI=1S/C10H8ClN3O/c11-8-5-13-10(15)7-14(6-8)9-1-3-12-4-2-9/h1-6H,7H2. The first kappa shape index (κ1) is 9.86. The zero-order valence-corrected chi connectivity index (χ0v) is 8.55. The van der Waals surface area contributed by atoms with Gasteiger partial charge in [-0.2, -0.15) is 0 Å². The summed E-state index contributed by atoms with van der Waals surface area (Å²) in [6.07, 6.45) is 6.34. The van der Waals surface area contributed by atoms with Gasteiger partial charge in [-0.3, -0.25) is 9.78 Å². The maximum atomic E-state index is 11.3. The summed E-state index contributed by atoms with van der Waals surface area (Å²) in [5.74, 6) is -0.223. The lowest BCUT2D eigenvalue weighted by Crippen LogP contribution is -2.22. The van der Waals surface area contributed by atoms with Crippen LogP contribution in [0.2, 0.25) is 0 Å². The van der Waals surface area contributed by atoms with Crippen molar-refractivity contribution in [2.45, 2.75) is 0 Å². The van der Waals surface area contributed by atoms with Gasteiger partial charge in [0.15, 0.2) is 0 Å². The Morgan fingerprint density at radius 2 is 2.07 bits per heavy atom. The van der Waals surface area contributed by atoms with Crippen LogP contribution in [-0.4, -0.2) is 23.7 Å². The van der Waals surface area contributed by atoms with E-state index in [9.17, 15) is 4.79 Å². The minimum atomic E-state index is -0.223. The number of hydrogen-bond acceptors (Lipinski definition) is 3. The molecule has 0 bridgehead atoms. The highest BCUT2D eigenvalue weighted by Crippen LogP contribution is 2.16. The smallest absolute Gasteiger partial charge is 0.265 e. The van der Waals surface area contributed by atoms with Crippen molar-refractivity contribution in [3.63, 3.8) is 0 Å². The summed E-state index contributed by atoms with van der Waals surface area (Å²) >= 11 is 5.83. The van der Waals surface area contributed by atoms with Gasteiger partial charge >= 0.3 is 0 Å². The van der Waals surface area contributed by atoms with Crippen LogP contribution < -0.4 is 4.90 Å². The van der Waals surface area contributed by atoms with Crippen LogP contribution in [0.25, 0.3) is 0 Å². The molecule has 1 aromatic heterocycles. The third-order valence-corrected chi connectivity index (χ3v) is 2.11. The summed E-state index contributed by atoms with van der Waals surface area (Å²) in [5, 5.41) is 0.428. The number of hydrogen-bond donors (Lipinski definition) is 0. The molecule has 0 aliphatic carbocycles. The molecule has 0 saturated heterocycles. The van der Waals surface area contributed by atoms with Crippen molar-refractivity contribution in [1.29, 1.82) is 0 Å². The molecule has 4 nitrogen and oxygen atoms in total. The minimum absolute atomic E-state index is 0.191. The van der Waals surface area contributed by atoms with Crippen molar-refractivity contribution >= 4 is 29.4 Å². The van der Waals surface area contributed by atoms with Crippen molar-refractivity contribution in [2.75, 3.05) is 11.4 Å². The third-order valence-electron chi connectivity index (χ3n) is 1.91. The number of allylic oxidation sites excluding steroid dienone is 1. The molecule has 1 aromatic rings. The van der Waals surface area contributed by atoms with E-state index in [4.69, 9.17) is 11.6 Å². The quantitative estimate of drug-likeness (QED) is 0.723. The number of amides is 1. The number of anilines is 1. The lowest BCUT2D eigenvalue weighted by molar-refractivity contribution is -0.116. The Morgan fingerprint density at radius 3 is 2.80 bits per heavy atom. The van der Waals surface area contributed by atoms with E-state index < -0.39 is 0 Å². The summed E-state index contributed by atoms with van der Waals surface area (Å²) in [5.41, 5.74) is 0.863. The molecule has 76 valence electrons. The number of halogens is 1. The molecule has 5 heteroatoms. The van der Waals surface area contributed by atoms with E-state index in [1.165, 1.54) is 6.21 Å². The van der Waals surface area contributed by atoms with E-state index in [1.807, 2.05) is 0 Å². The van der Waals surface area contributed by atoms with Gasteiger partial charge in [-0.15, -0.1) is 0 Å². The van der Waals surface area contributed by atoms with Crippen LogP contribution in [0, 0.1) is 0 Å². The minimum Gasteiger partial charge on any atom is -0.337 e. The fourth-order valence-electron chi connectivity index (χ4n) is 1.25. The summed E-state index contributed by atoms with van der Waals surface area (Å²) in [6.45, 7) is 0.191. The fraction of sp³-hybridized carbons (Fsp3) is 0.100. The van der Waals surface area contributed by atoms with E-state index in [2.05, 4.69) is 9.98 Å². The Balaban J connectivity index is 2.30. The number of carbonyl (C=O) groups excluding carboxylic acids is 1. The molecular weight excluding hydrogens is 214 g/mol.